The van der Waals surface area contributed by atoms with E-state index in [1.54, 1.807) is 0 Å². The van der Waals surface area contributed by atoms with Crippen LogP contribution in [0.25, 0.3) is 0 Å². The first kappa shape index (κ1) is 20.9. The standard InChI is InChI=1S/C19H26F2N2O5S/c20-18(21)28-16-3-5-17(6-4-16)29(25,26)23-14-1-2-15(23)12-19(24,11-14)13-22-7-9-27-10-8-22/h3-6,14-15,18,24H,1-2,7-13H2/t14-,15+,19-. The molecule has 0 unspecified atom stereocenters. The zero-order chi connectivity index (χ0) is 20.6. The lowest BCUT2D eigenvalue weighted by atomic mass is 9.87. The Morgan fingerprint density at radius 1 is 1.14 bits per heavy atom. The second-order valence-electron chi connectivity index (χ2n) is 8.09. The largest absolute Gasteiger partial charge is 0.435 e. The minimum atomic E-state index is -3.78. The third-order valence-electron chi connectivity index (χ3n) is 6.03. The maximum Gasteiger partial charge on any atom is 0.387 e. The van der Waals surface area contributed by atoms with Crippen LogP contribution in [-0.2, 0) is 14.8 Å². The number of morpholine rings is 1. The molecule has 0 amide bonds. The summed E-state index contributed by atoms with van der Waals surface area (Å²) >= 11 is 0. The summed E-state index contributed by atoms with van der Waals surface area (Å²) in [7, 11) is -3.78. The highest BCUT2D eigenvalue weighted by Gasteiger charge is 2.52. The maximum atomic E-state index is 13.2. The number of rotatable bonds is 6. The number of hydrogen-bond donors (Lipinski definition) is 1. The van der Waals surface area contributed by atoms with Gasteiger partial charge in [-0.25, -0.2) is 8.42 Å². The molecule has 3 aliphatic rings. The number of piperidine rings is 1. The Kier molecular flexibility index (Phi) is 5.82. The quantitative estimate of drug-likeness (QED) is 0.737. The van der Waals surface area contributed by atoms with E-state index in [0.29, 0.717) is 45.4 Å². The molecule has 0 radical (unpaired) electrons. The third-order valence-corrected chi connectivity index (χ3v) is 8.05. The number of halogens is 2. The van der Waals surface area contributed by atoms with Gasteiger partial charge in [-0.1, -0.05) is 0 Å². The minimum absolute atomic E-state index is 0.0506. The van der Waals surface area contributed by atoms with Crippen molar-refractivity contribution >= 4 is 10.0 Å². The Morgan fingerprint density at radius 2 is 1.72 bits per heavy atom. The second-order valence-corrected chi connectivity index (χ2v) is 9.93. The summed E-state index contributed by atoms with van der Waals surface area (Å²) in [6.07, 6.45) is 2.21. The third kappa shape index (κ3) is 4.41. The van der Waals surface area contributed by atoms with Gasteiger partial charge in [-0.05, 0) is 49.9 Å². The van der Waals surface area contributed by atoms with Crippen molar-refractivity contribution in [1.82, 2.24) is 9.21 Å². The van der Waals surface area contributed by atoms with Crippen LogP contribution in [-0.4, -0.2) is 79.9 Å². The highest BCUT2D eigenvalue weighted by atomic mass is 32.2. The molecule has 3 heterocycles. The van der Waals surface area contributed by atoms with Gasteiger partial charge in [-0.3, -0.25) is 4.90 Å². The van der Waals surface area contributed by atoms with Crippen molar-refractivity contribution in [3.8, 4) is 5.75 Å². The minimum Gasteiger partial charge on any atom is -0.435 e. The van der Waals surface area contributed by atoms with Crippen LogP contribution >= 0.6 is 0 Å². The Labute approximate surface area is 169 Å². The molecule has 4 rings (SSSR count). The van der Waals surface area contributed by atoms with Gasteiger partial charge in [0, 0.05) is 31.7 Å². The summed E-state index contributed by atoms with van der Waals surface area (Å²) in [6.45, 7) is 0.402. The summed E-state index contributed by atoms with van der Waals surface area (Å²) in [5.74, 6) is -0.0829. The summed E-state index contributed by atoms with van der Waals surface area (Å²) in [6, 6.07) is 4.53. The van der Waals surface area contributed by atoms with E-state index in [-0.39, 0.29) is 22.7 Å². The first-order valence-corrected chi connectivity index (χ1v) is 11.3. The van der Waals surface area contributed by atoms with Gasteiger partial charge in [-0.15, -0.1) is 0 Å². The van der Waals surface area contributed by atoms with Gasteiger partial charge in [0.15, 0.2) is 0 Å². The van der Waals surface area contributed by atoms with E-state index < -0.39 is 22.2 Å². The fourth-order valence-electron chi connectivity index (χ4n) is 4.89. The first-order chi connectivity index (χ1) is 13.8. The fourth-order valence-corrected chi connectivity index (χ4v) is 6.76. The number of alkyl halides is 2. The Morgan fingerprint density at radius 3 is 2.28 bits per heavy atom. The van der Waals surface area contributed by atoms with Gasteiger partial charge >= 0.3 is 6.61 Å². The van der Waals surface area contributed by atoms with Crippen molar-refractivity contribution in [3.05, 3.63) is 24.3 Å². The van der Waals surface area contributed by atoms with E-state index in [0.717, 1.165) is 13.1 Å². The van der Waals surface area contributed by atoms with Crippen LogP contribution in [0, 0.1) is 0 Å². The molecule has 10 heteroatoms. The van der Waals surface area contributed by atoms with Gasteiger partial charge in [-0.2, -0.15) is 13.1 Å². The van der Waals surface area contributed by atoms with E-state index >= 15 is 0 Å². The van der Waals surface area contributed by atoms with Gasteiger partial charge in [0.25, 0.3) is 0 Å². The first-order valence-electron chi connectivity index (χ1n) is 9.88. The molecule has 7 nitrogen and oxygen atoms in total. The lowest BCUT2D eigenvalue weighted by Crippen LogP contribution is -2.57. The zero-order valence-corrected chi connectivity index (χ0v) is 16.9. The van der Waals surface area contributed by atoms with E-state index in [1.165, 1.54) is 28.6 Å². The number of nitrogens with zero attached hydrogens (tertiary/aromatic N) is 2. The average Bonchev–Trinajstić information content (AvgIpc) is 2.96. The van der Waals surface area contributed by atoms with Crippen molar-refractivity contribution < 1.29 is 31.8 Å². The maximum absolute atomic E-state index is 13.2. The Balaban J connectivity index is 1.48. The molecule has 3 fully saturated rings. The molecule has 1 aromatic rings. The fraction of sp³-hybridized carbons (Fsp3) is 0.684. The monoisotopic (exact) mass is 432 g/mol. The van der Waals surface area contributed by atoms with E-state index in [2.05, 4.69) is 9.64 Å². The van der Waals surface area contributed by atoms with Crippen molar-refractivity contribution in [3.63, 3.8) is 0 Å². The molecule has 3 aliphatic heterocycles. The summed E-state index contributed by atoms with van der Waals surface area (Å²) in [5, 5.41) is 11.2. The number of sulfonamides is 1. The van der Waals surface area contributed by atoms with Crippen molar-refractivity contribution in [2.45, 2.75) is 54.9 Å². The number of ether oxygens (including phenoxy) is 2. The lowest BCUT2D eigenvalue weighted by molar-refractivity contribution is -0.0694. The molecule has 1 aromatic carbocycles. The van der Waals surface area contributed by atoms with Crippen LogP contribution in [0.15, 0.2) is 29.2 Å². The van der Waals surface area contributed by atoms with E-state index in [9.17, 15) is 22.3 Å². The Bertz CT molecular complexity index is 800. The highest BCUT2D eigenvalue weighted by molar-refractivity contribution is 7.89. The molecule has 29 heavy (non-hydrogen) atoms. The van der Waals surface area contributed by atoms with Crippen molar-refractivity contribution in [2.24, 2.45) is 0 Å². The number of hydrogen-bond acceptors (Lipinski definition) is 6. The molecule has 162 valence electrons. The zero-order valence-electron chi connectivity index (χ0n) is 16.0. The average molecular weight is 432 g/mol. The normalized spacial score (nSPS) is 31.3. The number of β-amino-alcohol motifs (C(OH)–C–C–N with tert-alkyl or cyclic N) is 1. The molecule has 3 saturated heterocycles. The van der Waals surface area contributed by atoms with Crippen molar-refractivity contribution in [1.29, 1.82) is 0 Å². The predicted molar refractivity (Wildman–Crippen MR) is 100 cm³/mol. The summed E-state index contributed by atoms with van der Waals surface area (Å²) in [5.41, 5.74) is -0.913. The van der Waals surface area contributed by atoms with Gasteiger partial charge in [0.05, 0.1) is 23.7 Å². The molecular weight excluding hydrogens is 406 g/mol. The molecule has 0 spiro atoms. The smallest absolute Gasteiger partial charge is 0.387 e. The number of aliphatic hydroxyl groups is 1. The molecule has 0 aromatic heterocycles. The summed E-state index contributed by atoms with van der Waals surface area (Å²) in [4.78, 5) is 2.23. The van der Waals surface area contributed by atoms with Crippen LogP contribution in [0.4, 0.5) is 8.78 Å². The van der Waals surface area contributed by atoms with Crippen LogP contribution in [0.1, 0.15) is 25.7 Å². The van der Waals surface area contributed by atoms with E-state index in [1.807, 2.05) is 0 Å². The summed E-state index contributed by atoms with van der Waals surface area (Å²) < 4.78 is 62.2. The number of fused-ring (bicyclic) bond motifs is 2. The van der Waals surface area contributed by atoms with E-state index in [4.69, 9.17) is 4.74 Å². The highest BCUT2D eigenvalue weighted by Crippen LogP contribution is 2.44. The SMILES string of the molecule is O=S(=O)(c1ccc(OC(F)F)cc1)N1[C@@H]2CC[C@H]1C[C@@](O)(CN1CCOCC1)C2. The molecule has 3 atom stereocenters. The molecular formula is C19H26F2N2O5S. The van der Waals surface area contributed by atoms with Crippen LogP contribution in [0.3, 0.4) is 0 Å². The Hall–Kier alpha value is -1.33. The van der Waals surface area contributed by atoms with Gasteiger partial charge in [0.1, 0.15) is 5.75 Å². The predicted octanol–water partition coefficient (Wildman–Crippen LogP) is 1.67. The van der Waals surface area contributed by atoms with Gasteiger partial charge < -0.3 is 14.6 Å². The van der Waals surface area contributed by atoms with Crippen molar-refractivity contribution in [2.75, 3.05) is 32.8 Å². The number of benzene rings is 1. The lowest BCUT2D eigenvalue weighted by Gasteiger charge is -2.45. The van der Waals surface area contributed by atoms with Crippen LogP contribution < -0.4 is 4.74 Å². The molecule has 2 bridgehead atoms. The second kappa shape index (κ2) is 8.07. The van der Waals surface area contributed by atoms with Crippen LogP contribution in [0.2, 0.25) is 0 Å². The van der Waals surface area contributed by atoms with Gasteiger partial charge in [0.2, 0.25) is 10.0 Å². The molecule has 0 saturated carbocycles. The topological polar surface area (TPSA) is 79.3 Å². The van der Waals surface area contributed by atoms with Crippen LogP contribution in [0.5, 0.6) is 5.75 Å². The molecule has 1 N–H and O–H groups in total. The molecule has 0 aliphatic carbocycles.